The van der Waals surface area contributed by atoms with Gasteiger partial charge in [0.1, 0.15) is 12.1 Å². The van der Waals surface area contributed by atoms with E-state index in [0.717, 1.165) is 24.3 Å². The summed E-state index contributed by atoms with van der Waals surface area (Å²) in [6.45, 7) is 3.94. The van der Waals surface area contributed by atoms with Crippen LogP contribution in [-0.2, 0) is 6.42 Å². The van der Waals surface area contributed by atoms with Gasteiger partial charge in [-0.05, 0) is 44.4 Å². The van der Waals surface area contributed by atoms with E-state index in [2.05, 4.69) is 27.4 Å². The maximum absolute atomic E-state index is 5.73. The van der Waals surface area contributed by atoms with E-state index in [1.807, 2.05) is 26.0 Å². The van der Waals surface area contributed by atoms with Gasteiger partial charge in [-0.15, -0.1) is 11.6 Å². The quantitative estimate of drug-likeness (QED) is 0.780. The first-order valence-electron chi connectivity index (χ1n) is 7.08. The van der Waals surface area contributed by atoms with Crippen LogP contribution in [0.2, 0.25) is 0 Å². The average Bonchev–Trinajstić information content (AvgIpc) is 2.45. The number of alkyl halides is 1. The largest absolute Gasteiger partial charge is 0.475 e. The molecule has 0 bridgehead atoms. The van der Waals surface area contributed by atoms with Crippen LogP contribution in [0.4, 0.5) is 11.5 Å². The number of rotatable bonds is 7. The number of hydrogen-bond donors (Lipinski definition) is 1. The lowest BCUT2D eigenvalue weighted by molar-refractivity contribution is 0.232. The first-order valence-corrected chi connectivity index (χ1v) is 7.61. The molecule has 0 spiro atoms. The van der Waals surface area contributed by atoms with Crippen molar-refractivity contribution < 1.29 is 4.74 Å². The van der Waals surface area contributed by atoms with Gasteiger partial charge in [0.25, 0.3) is 0 Å². The van der Waals surface area contributed by atoms with Crippen LogP contribution < -0.4 is 10.1 Å². The average molecular weight is 306 g/mol. The molecule has 0 aliphatic heterocycles. The van der Waals surface area contributed by atoms with E-state index in [1.54, 1.807) is 6.07 Å². The number of ether oxygens (including phenoxy) is 1. The van der Waals surface area contributed by atoms with Crippen molar-refractivity contribution in [3.63, 3.8) is 0 Å². The second-order valence-corrected chi connectivity index (χ2v) is 5.40. The van der Waals surface area contributed by atoms with Gasteiger partial charge in [-0.3, -0.25) is 0 Å². The first-order chi connectivity index (χ1) is 10.2. The van der Waals surface area contributed by atoms with Crippen LogP contribution >= 0.6 is 11.6 Å². The number of anilines is 2. The maximum Gasteiger partial charge on any atom is 0.218 e. The lowest BCUT2D eigenvalue weighted by Crippen LogP contribution is -2.07. The maximum atomic E-state index is 5.73. The van der Waals surface area contributed by atoms with Crippen molar-refractivity contribution in [1.82, 2.24) is 9.97 Å². The molecule has 1 aromatic carbocycles. The van der Waals surface area contributed by atoms with Crippen molar-refractivity contribution in [3.05, 3.63) is 42.2 Å². The van der Waals surface area contributed by atoms with Gasteiger partial charge >= 0.3 is 0 Å². The highest BCUT2D eigenvalue weighted by atomic mass is 35.5. The van der Waals surface area contributed by atoms with Gasteiger partial charge in [0.2, 0.25) is 5.88 Å². The third kappa shape index (κ3) is 5.23. The SMILES string of the molecule is CC(C)Oc1cc(Nc2cccc(CCCCl)c2)ncn1. The molecule has 112 valence electrons. The third-order valence-electron chi connectivity index (χ3n) is 2.80. The van der Waals surface area contributed by atoms with Crippen molar-refractivity contribution in [2.75, 3.05) is 11.2 Å². The van der Waals surface area contributed by atoms with Crippen LogP contribution in [-0.4, -0.2) is 22.0 Å². The van der Waals surface area contributed by atoms with Crippen LogP contribution in [0.5, 0.6) is 5.88 Å². The Morgan fingerprint density at radius 2 is 2.10 bits per heavy atom. The van der Waals surface area contributed by atoms with Gasteiger partial charge in [0.05, 0.1) is 6.10 Å². The van der Waals surface area contributed by atoms with Gasteiger partial charge in [0, 0.05) is 17.6 Å². The zero-order valence-corrected chi connectivity index (χ0v) is 13.1. The minimum atomic E-state index is 0.0895. The van der Waals surface area contributed by atoms with E-state index in [-0.39, 0.29) is 6.10 Å². The third-order valence-corrected chi connectivity index (χ3v) is 3.06. The summed E-state index contributed by atoms with van der Waals surface area (Å²) in [6, 6.07) is 10.0. The van der Waals surface area contributed by atoms with Crippen LogP contribution in [0.15, 0.2) is 36.7 Å². The highest BCUT2D eigenvalue weighted by molar-refractivity contribution is 6.17. The molecule has 21 heavy (non-hydrogen) atoms. The lowest BCUT2D eigenvalue weighted by Gasteiger charge is -2.11. The van der Waals surface area contributed by atoms with Crippen molar-refractivity contribution >= 4 is 23.1 Å². The molecule has 4 nitrogen and oxygen atoms in total. The summed E-state index contributed by atoms with van der Waals surface area (Å²) < 4.78 is 5.56. The minimum Gasteiger partial charge on any atom is -0.475 e. The summed E-state index contributed by atoms with van der Waals surface area (Å²) in [7, 11) is 0. The van der Waals surface area contributed by atoms with E-state index in [1.165, 1.54) is 11.9 Å². The summed E-state index contributed by atoms with van der Waals surface area (Å²) in [5, 5.41) is 3.27. The molecule has 5 heteroatoms. The highest BCUT2D eigenvalue weighted by Crippen LogP contribution is 2.19. The summed E-state index contributed by atoms with van der Waals surface area (Å²) >= 11 is 5.73. The predicted octanol–water partition coefficient (Wildman–Crippen LogP) is 4.18. The Bertz CT molecular complexity index is 575. The summed E-state index contributed by atoms with van der Waals surface area (Å²) in [5.41, 5.74) is 2.25. The molecule has 0 saturated carbocycles. The fraction of sp³-hybridized carbons (Fsp3) is 0.375. The fourth-order valence-corrected chi connectivity index (χ4v) is 2.07. The molecule has 0 aliphatic rings. The zero-order valence-electron chi connectivity index (χ0n) is 12.3. The molecule has 0 amide bonds. The van der Waals surface area contributed by atoms with Crippen molar-refractivity contribution in [2.24, 2.45) is 0 Å². The molecule has 1 aromatic heterocycles. The number of aryl methyl sites for hydroxylation is 1. The summed E-state index contributed by atoms with van der Waals surface area (Å²) in [4.78, 5) is 8.30. The standard InChI is InChI=1S/C16H20ClN3O/c1-12(2)21-16-10-15(18-11-19-16)20-14-7-3-5-13(9-14)6-4-8-17/h3,5,7,9-12H,4,6,8H2,1-2H3,(H,18,19,20). The topological polar surface area (TPSA) is 47.0 Å². The van der Waals surface area contributed by atoms with Crippen LogP contribution in [0.25, 0.3) is 0 Å². The Labute approximate surface area is 130 Å². The zero-order chi connectivity index (χ0) is 15.1. The number of halogens is 1. The highest BCUT2D eigenvalue weighted by Gasteiger charge is 2.03. The Hall–Kier alpha value is -1.81. The minimum absolute atomic E-state index is 0.0895. The number of hydrogen-bond acceptors (Lipinski definition) is 4. The van der Waals surface area contributed by atoms with E-state index in [0.29, 0.717) is 11.8 Å². The monoisotopic (exact) mass is 305 g/mol. The van der Waals surface area contributed by atoms with Gasteiger partial charge in [-0.1, -0.05) is 12.1 Å². The van der Waals surface area contributed by atoms with Gasteiger partial charge in [0.15, 0.2) is 0 Å². The van der Waals surface area contributed by atoms with E-state index in [4.69, 9.17) is 16.3 Å². The summed E-state index contributed by atoms with van der Waals surface area (Å²) in [5.74, 6) is 1.97. The molecule has 0 saturated heterocycles. The van der Waals surface area contributed by atoms with Crippen molar-refractivity contribution in [2.45, 2.75) is 32.8 Å². The molecule has 0 fully saturated rings. The Morgan fingerprint density at radius 1 is 1.24 bits per heavy atom. The number of nitrogens with zero attached hydrogens (tertiary/aromatic N) is 2. The Balaban J connectivity index is 2.07. The van der Waals surface area contributed by atoms with Crippen LogP contribution in [0, 0.1) is 0 Å². The van der Waals surface area contributed by atoms with Crippen LogP contribution in [0.3, 0.4) is 0 Å². The molecule has 0 unspecified atom stereocenters. The molecule has 0 aliphatic carbocycles. The normalized spacial score (nSPS) is 10.7. The molecule has 0 atom stereocenters. The molecular formula is C16H20ClN3O. The number of aromatic nitrogens is 2. The summed E-state index contributed by atoms with van der Waals surface area (Å²) in [6.07, 6.45) is 3.54. The van der Waals surface area contributed by atoms with E-state index >= 15 is 0 Å². The number of benzene rings is 1. The number of nitrogens with one attached hydrogen (secondary N) is 1. The molecule has 2 aromatic rings. The van der Waals surface area contributed by atoms with Gasteiger partial charge < -0.3 is 10.1 Å². The predicted molar refractivity (Wildman–Crippen MR) is 86.6 cm³/mol. The second-order valence-electron chi connectivity index (χ2n) is 5.03. The fourth-order valence-electron chi connectivity index (χ4n) is 1.94. The molecule has 0 radical (unpaired) electrons. The smallest absolute Gasteiger partial charge is 0.218 e. The Kier molecular flexibility index (Phi) is 5.81. The van der Waals surface area contributed by atoms with Crippen LogP contribution in [0.1, 0.15) is 25.8 Å². The van der Waals surface area contributed by atoms with Gasteiger partial charge in [-0.2, -0.15) is 0 Å². The molecule has 2 rings (SSSR count). The second kappa shape index (κ2) is 7.84. The first kappa shape index (κ1) is 15.6. The molecular weight excluding hydrogens is 286 g/mol. The Morgan fingerprint density at radius 3 is 2.86 bits per heavy atom. The van der Waals surface area contributed by atoms with Crippen molar-refractivity contribution in [1.29, 1.82) is 0 Å². The molecule has 1 heterocycles. The van der Waals surface area contributed by atoms with E-state index in [9.17, 15) is 0 Å². The molecule has 1 N–H and O–H groups in total. The van der Waals surface area contributed by atoms with E-state index < -0.39 is 0 Å². The van der Waals surface area contributed by atoms with Gasteiger partial charge in [-0.25, -0.2) is 9.97 Å². The lowest BCUT2D eigenvalue weighted by atomic mass is 10.1. The van der Waals surface area contributed by atoms with Crippen molar-refractivity contribution in [3.8, 4) is 5.88 Å².